The van der Waals surface area contributed by atoms with Crippen LogP contribution in [0.25, 0.3) is 0 Å². The van der Waals surface area contributed by atoms with E-state index in [1.54, 1.807) is 0 Å². The number of nitrogens with one attached hydrogen (secondary N) is 1. The second kappa shape index (κ2) is 6.01. The van der Waals surface area contributed by atoms with Gasteiger partial charge in [0.05, 0.1) is 10.6 Å². The summed E-state index contributed by atoms with van der Waals surface area (Å²) in [4.78, 5) is 3.71. The van der Waals surface area contributed by atoms with Crippen LogP contribution in [0.5, 0.6) is 0 Å². The molecule has 0 aliphatic heterocycles. The van der Waals surface area contributed by atoms with Crippen molar-refractivity contribution in [3.63, 3.8) is 0 Å². The molecule has 106 valence electrons. The SMILES string of the molecule is FC(F)(F)c1cnc(NCc2ccccc2Br)c(Cl)c1. The quantitative estimate of drug-likeness (QED) is 0.816. The average molecular weight is 366 g/mol. The highest BCUT2D eigenvalue weighted by Crippen LogP contribution is 2.32. The largest absolute Gasteiger partial charge is 0.417 e. The molecule has 0 saturated heterocycles. The van der Waals surface area contributed by atoms with Crippen LogP contribution < -0.4 is 5.32 Å². The minimum atomic E-state index is -4.45. The van der Waals surface area contributed by atoms with E-state index in [0.717, 1.165) is 22.3 Å². The molecule has 7 heteroatoms. The van der Waals surface area contributed by atoms with Gasteiger partial charge in [-0.15, -0.1) is 0 Å². The van der Waals surface area contributed by atoms with Crippen LogP contribution in [0.15, 0.2) is 41.0 Å². The zero-order chi connectivity index (χ0) is 14.8. The number of anilines is 1. The molecule has 0 aliphatic rings. The molecule has 0 atom stereocenters. The average Bonchev–Trinajstić information content (AvgIpc) is 2.38. The van der Waals surface area contributed by atoms with Crippen molar-refractivity contribution in [3.05, 3.63) is 57.2 Å². The van der Waals surface area contributed by atoms with Gasteiger partial charge in [0.2, 0.25) is 0 Å². The predicted octanol–water partition coefficient (Wildman–Crippen LogP) is 5.13. The lowest BCUT2D eigenvalue weighted by atomic mass is 10.2. The maximum atomic E-state index is 12.5. The van der Waals surface area contributed by atoms with Gasteiger partial charge in [-0.1, -0.05) is 45.7 Å². The first-order valence-electron chi connectivity index (χ1n) is 5.58. The monoisotopic (exact) mass is 364 g/mol. The molecule has 0 bridgehead atoms. The van der Waals surface area contributed by atoms with Crippen molar-refractivity contribution in [1.29, 1.82) is 0 Å². The number of alkyl halides is 3. The van der Waals surface area contributed by atoms with Crippen molar-refractivity contribution in [2.24, 2.45) is 0 Å². The first kappa shape index (κ1) is 15.1. The molecule has 20 heavy (non-hydrogen) atoms. The van der Waals surface area contributed by atoms with E-state index in [1.165, 1.54) is 0 Å². The van der Waals surface area contributed by atoms with E-state index in [0.29, 0.717) is 6.54 Å². The van der Waals surface area contributed by atoms with E-state index >= 15 is 0 Å². The number of hydrogen-bond acceptors (Lipinski definition) is 2. The third-order valence-corrected chi connectivity index (χ3v) is 3.63. The van der Waals surface area contributed by atoms with Crippen molar-refractivity contribution in [3.8, 4) is 0 Å². The van der Waals surface area contributed by atoms with E-state index in [9.17, 15) is 13.2 Å². The number of nitrogens with zero attached hydrogens (tertiary/aromatic N) is 1. The van der Waals surface area contributed by atoms with Gasteiger partial charge < -0.3 is 5.32 Å². The van der Waals surface area contributed by atoms with Crippen LogP contribution in [-0.4, -0.2) is 4.98 Å². The first-order valence-corrected chi connectivity index (χ1v) is 6.75. The Bertz CT molecular complexity index is 617. The number of hydrogen-bond donors (Lipinski definition) is 1. The summed E-state index contributed by atoms with van der Waals surface area (Å²) in [7, 11) is 0. The van der Waals surface area contributed by atoms with Gasteiger partial charge in [0.15, 0.2) is 0 Å². The van der Waals surface area contributed by atoms with Crippen molar-refractivity contribution in [2.75, 3.05) is 5.32 Å². The molecule has 0 radical (unpaired) electrons. The smallest absolute Gasteiger partial charge is 0.365 e. The van der Waals surface area contributed by atoms with Gasteiger partial charge >= 0.3 is 6.18 Å². The second-order valence-electron chi connectivity index (χ2n) is 4.00. The van der Waals surface area contributed by atoms with Crippen molar-refractivity contribution in [1.82, 2.24) is 4.98 Å². The summed E-state index contributed by atoms with van der Waals surface area (Å²) >= 11 is 9.19. The van der Waals surface area contributed by atoms with Gasteiger partial charge in [0.25, 0.3) is 0 Å². The molecule has 1 aromatic heterocycles. The molecule has 1 N–H and O–H groups in total. The molecular weight excluding hydrogens is 357 g/mol. The van der Waals surface area contributed by atoms with E-state index in [1.807, 2.05) is 24.3 Å². The van der Waals surface area contributed by atoms with E-state index in [2.05, 4.69) is 26.2 Å². The third kappa shape index (κ3) is 3.64. The van der Waals surface area contributed by atoms with Crippen LogP contribution in [0.4, 0.5) is 19.0 Å². The Labute approximate surface area is 127 Å². The van der Waals surface area contributed by atoms with Gasteiger partial charge in [0.1, 0.15) is 5.82 Å². The summed E-state index contributed by atoms with van der Waals surface area (Å²) in [6.45, 7) is 0.402. The predicted molar refractivity (Wildman–Crippen MR) is 75.7 cm³/mol. The third-order valence-electron chi connectivity index (χ3n) is 2.57. The molecule has 2 nitrogen and oxygen atoms in total. The molecule has 0 fully saturated rings. The van der Waals surface area contributed by atoms with Crippen LogP contribution in [0, 0.1) is 0 Å². The second-order valence-corrected chi connectivity index (χ2v) is 5.26. The van der Waals surface area contributed by atoms with Crippen LogP contribution in [-0.2, 0) is 12.7 Å². The standard InChI is InChI=1S/C13H9BrClF3N2/c14-10-4-2-1-3-8(10)6-19-12-11(15)5-9(7-20-12)13(16,17)18/h1-5,7H,6H2,(H,19,20). The first-order chi connectivity index (χ1) is 9.38. The molecule has 0 saturated carbocycles. The number of pyridine rings is 1. The van der Waals surface area contributed by atoms with E-state index in [4.69, 9.17) is 11.6 Å². The lowest BCUT2D eigenvalue weighted by molar-refractivity contribution is -0.137. The molecule has 2 rings (SSSR count). The molecule has 0 unspecified atom stereocenters. The summed E-state index contributed by atoms with van der Waals surface area (Å²) in [5.41, 5.74) is 0.0826. The summed E-state index contributed by atoms with van der Waals surface area (Å²) in [5, 5.41) is 2.85. The molecule has 1 heterocycles. The Balaban J connectivity index is 2.13. The topological polar surface area (TPSA) is 24.9 Å². The Morgan fingerprint density at radius 1 is 1.25 bits per heavy atom. The van der Waals surface area contributed by atoms with Crippen LogP contribution in [0.3, 0.4) is 0 Å². The summed E-state index contributed by atoms with van der Waals surface area (Å²) in [6, 6.07) is 8.35. The molecule has 0 aliphatic carbocycles. The van der Waals surface area contributed by atoms with Gasteiger partial charge in [-0.25, -0.2) is 4.98 Å². The number of aromatic nitrogens is 1. The molecular formula is C13H9BrClF3N2. The van der Waals surface area contributed by atoms with E-state index in [-0.39, 0.29) is 10.8 Å². The number of rotatable bonds is 3. The van der Waals surface area contributed by atoms with Crippen LogP contribution in [0.1, 0.15) is 11.1 Å². The Kier molecular flexibility index (Phi) is 4.55. The fourth-order valence-electron chi connectivity index (χ4n) is 1.54. The Hall–Kier alpha value is -1.27. The maximum Gasteiger partial charge on any atom is 0.417 e. The Morgan fingerprint density at radius 2 is 1.95 bits per heavy atom. The summed E-state index contributed by atoms with van der Waals surface area (Å²) in [6.07, 6.45) is -3.69. The molecule has 1 aromatic carbocycles. The fraction of sp³-hybridized carbons (Fsp3) is 0.154. The number of benzene rings is 1. The lowest BCUT2D eigenvalue weighted by Gasteiger charge is -2.11. The Morgan fingerprint density at radius 3 is 2.55 bits per heavy atom. The van der Waals surface area contributed by atoms with Gasteiger partial charge in [-0.3, -0.25) is 0 Å². The number of halogens is 5. The lowest BCUT2D eigenvalue weighted by Crippen LogP contribution is -2.08. The van der Waals surface area contributed by atoms with Gasteiger partial charge in [0, 0.05) is 17.2 Å². The van der Waals surface area contributed by atoms with Gasteiger partial charge in [-0.2, -0.15) is 13.2 Å². The fourth-order valence-corrected chi connectivity index (χ4v) is 2.20. The van der Waals surface area contributed by atoms with Crippen molar-refractivity contribution >= 4 is 33.3 Å². The maximum absolute atomic E-state index is 12.5. The molecule has 2 aromatic rings. The normalized spacial score (nSPS) is 11.4. The highest BCUT2D eigenvalue weighted by atomic mass is 79.9. The zero-order valence-electron chi connectivity index (χ0n) is 10.0. The minimum absolute atomic E-state index is 0.0631. The van der Waals surface area contributed by atoms with Crippen LogP contribution >= 0.6 is 27.5 Å². The molecule has 0 spiro atoms. The van der Waals surface area contributed by atoms with Crippen molar-refractivity contribution < 1.29 is 13.2 Å². The van der Waals surface area contributed by atoms with Crippen LogP contribution in [0.2, 0.25) is 5.02 Å². The summed E-state index contributed by atoms with van der Waals surface area (Å²) < 4.78 is 38.3. The highest BCUT2D eigenvalue weighted by Gasteiger charge is 2.31. The minimum Gasteiger partial charge on any atom is -0.365 e. The van der Waals surface area contributed by atoms with Crippen molar-refractivity contribution in [2.45, 2.75) is 12.7 Å². The summed E-state index contributed by atoms with van der Waals surface area (Å²) in [5.74, 6) is 0.218. The van der Waals surface area contributed by atoms with Gasteiger partial charge in [-0.05, 0) is 17.7 Å². The highest BCUT2D eigenvalue weighted by molar-refractivity contribution is 9.10. The van der Waals surface area contributed by atoms with E-state index < -0.39 is 11.7 Å². The zero-order valence-corrected chi connectivity index (χ0v) is 12.4. The molecule has 0 amide bonds.